The highest BCUT2D eigenvalue weighted by Crippen LogP contribution is 2.26. The van der Waals surface area contributed by atoms with E-state index in [9.17, 15) is 4.79 Å². The Labute approximate surface area is 404 Å². The van der Waals surface area contributed by atoms with Crippen molar-refractivity contribution in [2.45, 2.75) is 231 Å². The number of amides is 1. The van der Waals surface area contributed by atoms with Crippen molar-refractivity contribution in [2.24, 2.45) is 0 Å². The third kappa shape index (κ3) is 26.8. The van der Waals surface area contributed by atoms with Gasteiger partial charge < -0.3 is 71.6 Å². The summed E-state index contributed by atoms with van der Waals surface area (Å²) in [4.78, 5) is 13.5. The van der Waals surface area contributed by atoms with Crippen molar-refractivity contribution in [3.8, 4) is 0 Å². The molecule has 0 spiro atoms. The summed E-state index contributed by atoms with van der Waals surface area (Å²) in [6.07, 6.45) is 17.8. The molecule has 16 heteroatoms. The summed E-state index contributed by atoms with van der Waals surface area (Å²) in [5.74, 6) is -2.64. The van der Waals surface area contributed by atoms with Gasteiger partial charge in [-0.25, -0.2) is 0 Å². The molecule has 16 nitrogen and oxygen atoms in total. The molecule has 4 unspecified atom stereocenters. The lowest BCUT2D eigenvalue weighted by molar-refractivity contribution is -0.154. The molecule has 1 N–H and O–H groups in total. The van der Waals surface area contributed by atoms with E-state index in [2.05, 4.69) is 12.2 Å². The lowest BCUT2D eigenvalue weighted by Gasteiger charge is -2.26. The fourth-order valence-corrected chi connectivity index (χ4v) is 8.59. The molecule has 0 aliphatic carbocycles. The van der Waals surface area contributed by atoms with E-state index in [4.69, 9.17) is 66.3 Å². The van der Waals surface area contributed by atoms with Crippen LogP contribution in [0.3, 0.4) is 0 Å². The minimum Gasteiger partial charge on any atom is -0.376 e. The molecule has 0 saturated carbocycles. The van der Waals surface area contributed by atoms with Gasteiger partial charge >= 0.3 is 0 Å². The van der Waals surface area contributed by atoms with Crippen molar-refractivity contribution in [3.05, 3.63) is 0 Å². The van der Waals surface area contributed by atoms with Gasteiger partial charge in [-0.3, -0.25) is 4.79 Å². The van der Waals surface area contributed by atoms with Crippen LogP contribution in [0.15, 0.2) is 0 Å². The highest BCUT2D eigenvalue weighted by atomic mass is 16.8. The minimum atomic E-state index is -0.652. The highest BCUT2D eigenvalue weighted by Gasteiger charge is 2.36. The van der Waals surface area contributed by atoms with Crippen LogP contribution in [0.1, 0.15) is 165 Å². The Bertz CT molecular complexity index is 1170. The van der Waals surface area contributed by atoms with Gasteiger partial charge in [0.1, 0.15) is 36.6 Å². The number of rotatable bonds is 39. The van der Waals surface area contributed by atoms with Crippen LogP contribution in [0.25, 0.3) is 0 Å². The molecular formula is C51H95NO15. The number of unbranched alkanes of at least 4 members (excludes halogenated alkanes) is 14. The average Bonchev–Trinajstić information content (AvgIpc) is 4.02. The van der Waals surface area contributed by atoms with Crippen molar-refractivity contribution < 1.29 is 71.1 Å². The van der Waals surface area contributed by atoms with Crippen molar-refractivity contribution in [1.82, 2.24) is 5.32 Å². The van der Waals surface area contributed by atoms with E-state index in [-0.39, 0.29) is 70.0 Å². The maximum Gasteiger partial charge on any atom is 0.220 e. The molecule has 1 amide bonds. The van der Waals surface area contributed by atoms with Gasteiger partial charge in [0.05, 0.1) is 98.5 Å². The molecule has 4 rings (SSSR count). The molecule has 4 aliphatic heterocycles. The van der Waals surface area contributed by atoms with Crippen LogP contribution < -0.4 is 5.32 Å². The summed E-state index contributed by atoms with van der Waals surface area (Å²) < 4.78 is 84.2. The zero-order chi connectivity index (χ0) is 48.4. The van der Waals surface area contributed by atoms with Gasteiger partial charge in [-0.2, -0.15) is 0 Å². The monoisotopic (exact) mass is 962 g/mol. The molecule has 67 heavy (non-hydrogen) atoms. The van der Waals surface area contributed by atoms with Gasteiger partial charge in [0.15, 0.2) is 23.1 Å². The van der Waals surface area contributed by atoms with Gasteiger partial charge in [0.25, 0.3) is 0 Å². The quantitative estimate of drug-likeness (QED) is 0.0588. The van der Waals surface area contributed by atoms with Crippen LogP contribution in [0.5, 0.6) is 0 Å². The number of ether oxygens (including phenoxy) is 14. The lowest BCUT2D eigenvalue weighted by Crippen LogP contribution is -2.45. The zero-order valence-electron chi connectivity index (χ0n) is 43.4. The number of carbonyl (C=O) groups is 1. The third-order valence-electron chi connectivity index (χ3n) is 12.1. The van der Waals surface area contributed by atoms with E-state index >= 15 is 0 Å². The number of hydrogen-bond donors (Lipinski definition) is 1. The van der Waals surface area contributed by atoms with E-state index in [1.165, 1.54) is 77.0 Å². The molecule has 0 radical (unpaired) electrons. The second kappa shape index (κ2) is 31.4. The summed E-state index contributed by atoms with van der Waals surface area (Å²) in [5, 5.41) is 3.22. The molecular weight excluding hydrogens is 867 g/mol. The van der Waals surface area contributed by atoms with E-state index in [1.807, 2.05) is 55.4 Å². The Hall–Kier alpha value is -1.09. The Morgan fingerprint density at radius 2 is 0.731 bits per heavy atom. The maximum atomic E-state index is 13.5. The van der Waals surface area contributed by atoms with E-state index in [0.29, 0.717) is 59.3 Å². The fraction of sp³-hybridized carbons (Fsp3) is 0.980. The summed E-state index contributed by atoms with van der Waals surface area (Å²) in [5.41, 5.74) is 0. The largest absolute Gasteiger partial charge is 0.376 e. The normalized spacial score (nSPS) is 25.4. The molecule has 0 bridgehead atoms. The summed E-state index contributed by atoms with van der Waals surface area (Å²) in [6.45, 7) is 21.8. The van der Waals surface area contributed by atoms with Gasteiger partial charge in [-0.05, 0) is 61.8 Å². The van der Waals surface area contributed by atoms with Crippen LogP contribution in [0.4, 0.5) is 0 Å². The van der Waals surface area contributed by atoms with Gasteiger partial charge in [0, 0.05) is 6.42 Å². The number of nitrogens with one attached hydrogen (secondary N) is 1. The second-order valence-corrected chi connectivity index (χ2v) is 20.8. The first-order valence-electron chi connectivity index (χ1n) is 26.1. The Morgan fingerprint density at radius 3 is 1.00 bits per heavy atom. The van der Waals surface area contributed by atoms with E-state index in [1.54, 1.807) is 0 Å². The molecule has 4 atom stereocenters. The smallest absolute Gasteiger partial charge is 0.220 e. The summed E-state index contributed by atoms with van der Waals surface area (Å²) in [6, 6.07) is -0.478. The number of carbonyl (C=O) groups excluding carboxylic acids is 1. The zero-order valence-corrected chi connectivity index (χ0v) is 43.4. The minimum absolute atomic E-state index is 0.0380. The molecule has 394 valence electrons. The molecule has 0 aromatic carbocycles. The molecule has 0 aromatic heterocycles. The Morgan fingerprint density at radius 1 is 0.448 bits per heavy atom. The van der Waals surface area contributed by atoms with Crippen LogP contribution in [0, 0.1) is 0 Å². The van der Waals surface area contributed by atoms with Gasteiger partial charge in [0.2, 0.25) is 5.91 Å². The Balaban J connectivity index is 1.29. The predicted molar refractivity (Wildman–Crippen MR) is 254 cm³/mol. The van der Waals surface area contributed by atoms with E-state index < -0.39 is 41.4 Å². The van der Waals surface area contributed by atoms with Crippen LogP contribution in [-0.2, 0) is 71.1 Å². The SMILES string of the molecule is CCCCCCCCCCCCCCCCCC(=O)NC(COC(COCC1COC(C)(C)O1)COCC1COC(C)(C)O1)COC(COCC1COC(C)(C)O1)COCC1COC(C)(C)O1. The first-order chi connectivity index (χ1) is 32.0. The first kappa shape index (κ1) is 58.5. The molecule has 0 aromatic rings. The van der Waals surface area contributed by atoms with Crippen molar-refractivity contribution in [3.63, 3.8) is 0 Å². The van der Waals surface area contributed by atoms with Crippen LogP contribution in [-0.4, -0.2) is 164 Å². The van der Waals surface area contributed by atoms with E-state index in [0.717, 1.165) is 19.3 Å². The van der Waals surface area contributed by atoms with Crippen molar-refractivity contribution in [1.29, 1.82) is 0 Å². The molecule has 4 aliphatic rings. The van der Waals surface area contributed by atoms with Crippen LogP contribution in [0.2, 0.25) is 0 Å². The average molecular weight is 962 g/mol. The van der Waals surface area contributed by atoms with Gasteiger partial charge in [-0.15, -0.1) is 0 Å². The van der Waals surface area contributed by atoms with Crippen molar-refractivity contribution in [2.75, 3.05) is 92.5 Å². The molecule has 4 saturated heterocycles. The standard InChI is InChI=1S/C51H95NO15/c1-10-11-12-13-14-15-16-17-18-19-20-21-22-23-24-25-47(53)52-40(26-58-41(28-54-32-43-36-60-48(2,3)64-43)29-55-33-44-37-61-49(4,5)65-44)27-59-42(30-56-34-45-38-62-50(6,7)66-45)31-57-35-46-39-63-51(8,9)67-46/h40-46H,10-39H2,1-9H3,(H,52,53). The molecule has 4 fully saturated rings. The number of hydrogen-bond acceptors (Lipinski definition) is 15. The Kier molecular flexibility index (Phi) is 27.4. The predicted octanol–water partition coefficient (Wildman–Crippen LogP) is 8.18. The van der Waals surface area contributed by atoms with Crippen molar-refractivity contribution >= 4 is 5.91 Å². The summed E-state index contributed by atoms with van der Waals surface area (Å²) >= 11 is 0. The summed E-state index contributed by atoms with van der Waals surface area (Å²) in [7, 11) is 0. The maximum absolute atomic E-state index is 13.5. The second-order valence-electron chi connectivity index (χ2n) is 20.8. The molecule has 4 heterocycles. The third-order valence-corrected chi connectivity index (χ3v) is 12.1. The topological polar surface area (TPSA) is 158 Å². The first-order valence-corrected chi connectivity index (χ1v) is 26.1. The fourth-order valence-electron chi connectivity index (χ4n) is 8.59. The highest BCUT2D eigenvalue weighted by molar-refractivity contribution is 5.76. The van der Waals surface area contributed by atoms with Gasteiger partial charge in [-0.1, -0.05) is 96.8 Å². The lowest BCUT2D eigenvalue weighted by atomic mass is 10.0. The van der Waals surface area contributed by atoms with Crippen LogP contribution >= 0.6 is 0 Å².